The molecule has 0 atom stereocenters. The quantitative estimate of drug-likeness (QED) is 0.613. The molecule has 0 aliphatic rings. The Labute approximate surface area is 118 Å². The van der Waals surface area contributed by atoms with Crippen molar-refractivity contribution in [1.82, 2.24) is 0 Å². The third-order valence-corrected chi connectivity index (χ3v) is 8.82. The van der Waals surface area contributed by atoms with E-state index in [0.29, 0.717) is 0 Å². The van der Waals surface area contributed by atoms with Gasteiger partial charge in [0.25, 0.3) is 0 Å². The van der Waals surface area contributed by atoms with Crippen LogP contribution < -0.4 is 0 Å². The highest BCUT2D eigenvalue weighted by molar-refractivity contribution is 7.74. The Balaban J connectivity index is 2.18. The van der Waals surface area contributed by atoms with Crippen LogP contribution in [0.15, 0.2) is 60.7 Å². The van der Waals surface area contributed by atoms with E-state index in [1.54, 1.807) is 0 Å². The molecule has 0 bridgehead atoms. The van der Waals surface area contributed by atoms with Gasteiger partial charge in [-0.1, -0.05) is 74.5 Å². The largest absolute Gasteiger partial charge is 0.117 e. The Kier molecular flexibility index (Phi) is 5.16. The minimum Gasteiger partial charge on any atom is -0.117 e. The standard InChI is InChI=1S/C18H24P/c1-3-19(4-2,15-17-11-7-5-8-12-17)16-18-13-9-6-10-14-18/h5-14H,3-4,15-16H2,1-2H3. The third kappa shape index (κ3) is 3.91. The first kappa shape index (κ1) is 14.3. The van der Waals surface area contributed by atoms with Crippen molar-refractivity contribution in [3.05, 3.63) is 71.8 Å². The van der Waals surface area contributed by atoms with Gasteiger partial charge in [-0.25, -0.2) is 0 Å². The van der Waals surface area contributed by atoms with Crippen molar-refractivity contribution in [2.75, 3.05) is 12.3 Å². The van der Waals surface area contributed by atoms with Crippen molar-refractivity contribution >= 4 is 7.26 Å². The molecule has 0 aliphatic carbocycles. The van der Waals surface area contributed by atoms with Crippen LogP contribution in [0.5, 0.6) is 0 Å². The Morgan fingerprint density at radius 2 is 1.00 bits per heavy atom. The highest BCUT2D eigenvalue weighted by atomic mass is 31.2. The fourth-order valence-electron chi connectivity index (χ4n) is 2.67. The molecule has 1 heteroatoms. The molecule has 1 radical (unpaired) electrons. The average Bonchev–Trinajstić information content (AvgIpc) is 2.48. The molecule has 0 spiro atoms. The van der Waals surface area contributed by atoms with Gasteiger partial charge in [0.05, 0.1) is 0 Å². The zero-order valence-corrected chi connectivity index (χ0v) is 12.9. The molecule has 2 aromatic carbocycles. The van der Waals surface area contributed by atoms with Crippen LogP contribution in [-0.2, 0) is 12.3 Å². The van der Waals surface area contributed by atoms with Crippen molar-refractivity contribution in [3.63, 3.8) is 0 Å². The number of benzene rings is 2. The summed E-state index contributed by atoms with van der Waals surface area (Å²) in [5.74, 6) is 0. The molecule has 101 valence electrons. The minimum absolute atomic E-state index is 0.902. The van der Waals surface area contributed by atoms with Crippen molar-refractivity contribution in [1.29, 1.82) is 0 Å². The number of rotatable bonds is 6. The molecule has 0 heterocycles. The molecule has 0 fully saturated rings. The monoisotopic (exact) mass is 271 g/mol. The molecule has 0 amide bonds. The smallest absolute Gasteiger partial charge is 0.0104 e. The van der Waals surface area contributed by atoms with Crippen LogP contribution in [0.2, 0.25) is 0 Å². The zero-order valence-electron chi connectivity index (χ0n) is 12.0. The van der Waals surface area contributed by atoms with Crippen molar-refractivity contribution in [3.8, 4) is 0 Å². The summed E-state index contributed by atoms with van der Waals surface area (Å²) in [6.07, 6.45) is 5.26. The summed E-state index contributed by atoms with van der Waals surface area (Å²) in [6.45, 7) is 4.76. The van der Waals surface area contributed by atoms with Gasteiger partial charge in [-0.3, -0.25) is 0 Å². The van der Waals surface area contributed by atoms with E-state index in [1.807, 2.05) is 0 Å². The summed E-state index contributed by atoms with van der Waals surface area (Å²) >= 11 is 0. The lowest BCUT2D eigenvalue weighted by molar-refractivity contribution is 1.20. The normalized spacial score (nSPS) is 11.5. The molecule has 0 saturated heterocycles. The highest BCUT2D eigenvalue weighted by Gasteiger charge is 2.23. The van der Waals surface area contributed by atoms with Crippen LogP contribution in [0, 0.1) is 0 Å². The maximum atomic E-state index is 2.38. The van der Waals surface area contributed by atoms with E-state index >= 15 is 0 Å². The van der Waals surface area contributed by atoms with Crippen molar-refractivity contribution in [2.45, 2.75) is 26.2 Å². The molecule has 2 aromatic rings. The molecule has 0 saturated carbocycles. The molecule has 0 aromatic heterocycles. The summed E-state index contributed by atoms with van der Waals surface area (Å²) in [5, 5.41) is 0. The topological polar surface area (TPSA) is 0 Å². The van der Waals surface area contributed by atoms with Crippen molar-refractivity contribution < 1.29 is 0 Å². The van der Waals surface area contributed by atoms with Gasteiger partial charge in [-0.05, 0) is 35.8 Å². The molecular formula is C18H24P. The first-order valence-corrected chi connectivity index (χ1v) is 9.74. The van der Waals surface area contributed by atoms with Gasteiger partial charge in [0.2, 0.25) is 0 Å². The lowest BCUT2D eigenvalue weighted by Crippen LogP contribution is -2.06. The Bertz CT molecular complexity index is 428. The Morgan fingerprint density at radius 1 is 0.632 bits per heavy atom. The first-order valence-electron chi connectivity index (χ1n) is 7.21. The predicted octanol–water partition coefficient (Wildman–Crippen LogP) is 5.44. The van der Waals surface area contributed by atoms with Crippen LogP contribution in [-0.4, -0.2) is 12.3 Å². The minimum atomic E-state index is -0.902. The van der Waals surface area contributed by atoms with Gasteiger partial charge in [0.15, 0.2) is 0 Å². The lowest BCUT2D eigenvalue weighted by Gasteiger charge is -2.35. The molecule has 0 aliphatic heterocycles. The van der Waals surface area contributed by atoms with Crippen LogP contribution in [0.4, 0.5) is 0 Å². The van der Waals surface area contributed by atoms with E-state index in [1.165, 1.54) is 35.8 Å². The molecule has 0 N–H and O–H groups in total. The maximum Gasteiger partial charge on any atom is -0.0104 e. The summed E-state index contributed by atoms with van der Waals surface area (Å²) in [6, 6.07) is 22.0. The van der Waals surface area contributed by atoms with E-state index in [-0.39, 0.29) is 0 Å². The van der Waals surface area contributed by atoms with E-state index in [0.717, 1.165) is 0 Å². The van der Waals surface area contributed by atoms with Gasteiger partial charge in [-0.15, -0.1) is 7.26 Å². The molecule has 19 heavy (non-hydrogen) atoms. The van der Waals surface area contributed by atoms with E-state index in [2.05, 4.69) is 74.5 Å². The average molecular weight is 271 g/mol. The van der Waals surface area contributed by atoms with E-state index in [9.17, 15) is 0 Å². The fourth-order valence-corrected chi connectivity index (χ4v) is 6.09. The molecule has 0 nitrogen and oxygen atoms in total. The second kappa shape index (κ2) is 6.87. The molecule has 0 unspecified atom stereocenters. The lowest BCUT2D eigenvalue weighted by atomic mass is 10.2. The maximum absolute atomic E-state index is 2.38. The Hall–Kier alpha value is -1.13. The summed E-state index contributed by atoms with van der Waals surface area (Å²) in [5.41, 5.74) is 3.02. The van der Waals surface area contributed by atoms with E-state index in [4.69, 9.17) is 0 Å². The van der Waals surface area contributed by atoms with Crippen molar-refractivity contribution in [2.24, 2.45) is 0 Å². The third-order valence-electron chi connectivity index (χ3n) is 4.06. The van der Waals surface area contributed by atoms with Crippen LogP contribution in [0.25, 0.3) is 0 Å². The van der Waals surface area contributed by atoms with Gasteiger partial charge in [0, 0.05) is 0 Å². The van der Waals surface area contributed by atoms with Crippen LogP contribution >= 0.6 is 7.26 Å². The molecule has 2 rings (SSSR count). The first-order chi connectivity index (χ1) is 9.28. The highest BCUT2D eigenvalue weighted by Crippen LogP contribution is 2.63. The van der Waals surface area contributed by atoms with E-state index < -0.39 is 7.26 Å². The number of hydrogen-bond acceptors (Lipinski definition) is 0. The number of hydrogen-bond donors (Lipinski definition) is 0. The summed E-state index contributed by atoms with van der Waals surface area (Å²) in [4.78, 5) is 0. The van der Waals surface area contributed by atoms with Crippen LogP contribution in [0.1, 0.15) is 25.0 Å². The summed E-state index contributed by atoms with van der Waals surface area (Å²) in [7, 11) is -0.902. The summed E-state index contributed by atoms with van der Waals surface area (Å²) < 4.78 is 0. The predicted molar refractivity (Wildman–Crippen MR) is 88.3 cm³/mol. The van der Waals surface area contributed by atoms with Gasteiger partial charge < -0.3 is 0 Å². The van der Waals surface area contributed by atoms with Gasteiger partial charge >= 0.3 is 0 Å². The molecular weight excluding hydrogens is 247 g/mol. The zero-order chi connectivity index (χ0) is 13.6. The Morgan fingerprint density at radius 3 is 1.32 bits per heavy atom. The van der Waals surface area contributed by atoms with Crippen LogP contribution in [0.3, 0.4) is 0 Å². The van der Waals surface area contributed by atoms with Gasteiger partial charge in [0.1, 0.15) is 0 Å². The SMILES string of the molecule is CC[P](CC)(Cc1ccccc1)Cc1ccccc1. The van der Waals surface area contributed by atoms with Gasteiger partial charge in [-0.2, -0.15) is 0 Å². The second-order valence-electron chi connectivity index (χ2n) is 5.26. The second-order valence-corrected chi connectivity index (χ2v) is 9.84. The fraction of sp³-hybridized carbons (Fsp3) is 0.333.